The summed E-state index contributed by atoms with van der Waals surface area (Å²) in [5.74, 6) is 0.00190. The molecule has 0 aliphatic rings. The Morgan fingerprint density at radius 2 is 1.55 bits per heavy atom. The van der Waals surface area contributed by atoms with Crippen LogP contribution in [0.25, 0.3) is 23.1 Å². The highest BCUT2D eigenvalue weighted by Gasteiger charge is 2.20. The number of fused-ring (bicyclic) bond motifs is 1. The molecule has 33 heavy (non-hydrogen) atoms. The molecular formula is C28H19Cl2NOS. The number of hydrogen-bond donors (Lipinski definition) is 1. The van der Waals surface area contributed by atoms with Crippen LogP contribution in [-0.2, 0) is 0 Å². The molecule has 162 valence electrons. The van der Waals surface area contributed by atoms with Crippen molar-refractivity contribution >= 4 is 57.6 Å². The summed E-state index contributed by atoms with van der Waals surface area (Å²) in [4.78, 5) is 16.4. The minimum atomic E-state index is -0.123. The highest BCUT2D eigenvalue weighted by Crippen LogP contribution is 2.39. The Bertz CT molecular complexity index is 1500. The Balaban J connectivity index is 1.66. The average molecular weight is 488 g/mol. The lowest BCUT2D eigenvalue weighted by molar-refractivity contribution is 1.01. The zero-order chi connectivity index (χ0) is 22.8. The quantitative estimate of drug-likeness (QED) is 0.266. The van der Waals surface area contributed by atoms with Gasteiger partial charge in [-0.15, -0.1) is 11.3 Å². The molecule has 1 unspecified atom stereocenters. The van der Waals surface area contributed by atoms with Crippen LogP contribution < -0.4 is 5.56 Å². The number of benzene rings is 3. The lowest BCUT2D eigenvalue weighted by Gasteiger charge is -2.18. The van der Waals surface area contributed by atoms with Gasteiger partial charge >= 0.3 is 0 Å². The summed E-state index contributed by atoms with van der Waals surface area (Å²) in [7, 11) is 0. The second-order valence-electron chi connectivity index (χ2n) is 7.76. The standard InChI is InChI=1S/C28H19Cl2NOS/c29-22-11-8-19(9-12-22)28(25-14-15-26(30)33-25)21-10-13-24-23(16-21)20(17-27(32)31-24)7-6-18-4-2-1-3-5-18/h1-17,28H,(H,31,32)/b7-6+. The second-order valence-corrected chi connectivity index (χ2v) is 9.95. The average Bonchev–Trinajstić information content (AvgIpc) is 3.25. The molecule has 0 spiro atoms. The van der Waals surface area contributed by atoms with E-state index in [4.69, 9.17) is 23.2 Å². The van der Waals surface area contributed by atoms with Crippen LogP contribution in [0.2, 0.25) is 9.36 Å². The fraction of sp³-hybridized carbons (Fsp3) is 0.0357. The number of rotatable bonds is 5. The van der Waals surface area contributed by atoms with Crippen molar-refractivity contribution in [1.82, 2.24) is 4.98 Å². The Kier molecular flexibility index (Phi) is 6.19. The third-order valence-electron chi connectivity index (χ3n) is 5.57. The molecule has 0 bridgehead atoms. The Hall–Kier alpha value is -3.11. The van der Waals surface area contributed by atoms with Crippen molar-refractivity contribution in [2.75, 3.05) is 0 Å². The van der Waals surface area contributed by atoms with Crippen molar-refractivity contribution in [2.45, 2.75) is 5.92 Å². The Morgan fingerprint density at radius 3 is 2.27 bits per heavy atom. The first-order valence-electron chi connectivity index (χ1n) is 10.5. The van der Waals surface area contributed by atoms with Crippen molar-refractivity contribution in [3.8, 4) is 0 Å². The summed E-state index contributed by atoms with van der Waals surface area (Å²) in [5.41, 5.74) is 4.88. The van der Waals surface area contributed by atoms with E-state index in [-0.39, 0.29) is 11.5 Å². The summed E-state index contributed by atoms with van der Waals surface area (Å²) in [6.45, 7) is 0. The number of halogens is 2. The molecule has 1 atom stereocenters. The van der Waals surface area contributed by atoms with Crippen LogP contribution in [0, 0.1) is 0 Å². The van der Waals surface area contributed by atoms with Gasteiger partial charge in [0.05, 0.1) is 4.34 Å². The fourth-order valence-corrected chi connectivity index (χ4v) is 5.37. The molecule has 0 saturated heterocycles. The van der Waals surface area contributed by atoms with Gasteiger partial charge in [0.2, 0.25) is 5.56 Å². The number of pyridine rings is 1. The Morgan fingerprint density at radius 1 is 0.788 bits per heavy atom. The van der Waals surface area contributed by atoms with Gasteiger partial charge in [-0.1, -0.05) is 83.9 Å². The van der Waals surface area contributed by atoms with Crippen molar-refractivity contribution in [1.29, 1.82) is 0 Å². The molecule has 0 amide bonds. The molecular weight excluding hydrogens is 469 g/mol. The molecule has 2 heterocycles. The molecule has 5 rings (SSSR count). The number of nitrogens with one attached hydrogen (secondary N) is 1. The van der Waals surface area contributed by atoms with Crippen LogP contribution in [0.4, 0.5) is 0 Å². The highest BCUT2D eigenvalue weighted by molar-refractivity contribution is 7.16. The van der Waals surface area contributed by atoms with E-state index in [0.717, 1.165) is 42.4 Å². The van der Waals surface area contributed by atoms with Crippen LogP contribution in [0.1, 0.15) is 33.0 Å². The normalized spacial score (nSPS) is 12.4. The largest absolute Gasteiger partial charge is 0.322 e. The van der Waals surface area contributed by atoms with E-state index in [0.29, 0.717) is 5.02 Å². The van der Waals surface area contributed by atoms with Gasteiger partial charge in [-0.2, -0.15) is 0 Å². The topological polar surface area (TPSA) is 32.9 Å². The minimum Gasteiger partial charge on any atom is -0.322 e. The maximum atomic E-state index is 12.3. The van der Waals surface area contributed by atoms with Gasteiger partial charge in [0.15, 0.2) is 0 Å². The van der Waals surface area contributed by atoms with E-state index in [1.54, 1.807) is 17.4 Å². The first-order chi connectivity index (χ1) is 16.1. The van der Waals surface area contributed by atoms with E-state index in [2.05, 4.69) is 23.2 Å². The monoisotopic (exact) mass is 487 g/mol. The second kappa shape index (κ2) is 9.40. The third-order valence-corrected chi connectivity index (χ3v) is 7.12. The predicted octanol–water partition coefficient (Wildman–Crippen LogP) is 8.25. The van der Waals surface area contributed by atoms with Crippen LogP contribution in [0.5, 0.6) is 0 Å². The smallest absolute Gasteiger partial charge is 0.249 e. The molecule has 0 aliphatic carbocycles. The maximum Gasteiger partial charge on any atom is 0.249 e. The number of aromatic nitrogens is 1. The third kappa shape index (κ3) is 4.81. The zero-order valence-electron chi connectivity index (χ0n) is 17.5. The summed E-state index contributed by atoms with van der Waals surface area (Å²) in [5, 5.41) is 1.69. The molecule has 1 N–H and O–H groups in total. The molecule has 0 radical (unpaired) electrons. The number of aromatic amines is 1. The molecule has 5 heteroatoms. The number of thiophene rings is 1. The lowest BCUT2D eigenvalue weighted by Crippen LogP contribution is -2.06. The molecule has 5 aromatic rings. The van der Waals surface area contributed by atoms with E-state index in [1.807, 2.05) is 78.9 Å². The van der Waals surface area contributed by atoms with Crippen LogP contribution in [0.15, 0.2) is 95.8 Å². The van der Waals surface area contributed by atoms with Crippen LogP contribution >= 0.6 is 34.5 Å². The molecule has 2 aromatic heterocycles. The summed E-state index contributed by atoms with van der Waals surface area (Å²) in [6, 6.07) is 29.8. The van der Waals surface area contributed by atoms with Gasteiger partial charge in [0.1, 0.15) is 0 Å². The van der Waals surface area contributed by atoms with Gasteiger partial charge in [-0.3, -0.25) is 4.79 Å². The van der Waals surface area contributed by atoms with Crippen LogP contribution in [-0.4, -0.2) is 4.98 Å². The number of H-pyrrole nitrogens is 1. The minimum absolute atomic E-state index is 0.00190. The zero-order valence-corrected chi connectivity index (χ0v) is 19.8. The first-order valence-corrected chi connectivity index (χ1v) is 12.0. The van der Waals surface area contributed by atoms with Gasteiger partial charge < -0.3 is 4.98 Å². The fourth-order valence-electron chi connectivity index (χ4n) is 4.02. The van der Waals surface area contributed by atoms with Crippen molar-refractivity contribution in [2.24, 2.45) is 0 Å². The van der Waals surface area contributed by atoms with E-state index in [9.17, 15) is 4.79 Å². The van der Waals surface area contributed by atoms with Crippen LogP contribution in [0.3, 0.4) is 0 Å². The van der Waals surface area contributed by atoms with Crippen molar-refractivity contribution < 1.29 is 0 Å². The molecule has 0 aliphatic heterocycles. The molecule has 2 nitrogen and oxygen atoms in total. The van der Waals surface area contributed by atoms with Gasteiger partial charge in [0.25, 0.3) is 0 Å². The summed E-state index contributed by atoms with van der Waals surface area (Å²) < 4.78 is 0.751. The summed E-state index contributed by atoms with van der Waals surface area (Å²) in [6.07, 6.45) is 4.02. The van der Waals surface area contributed by atoms with E-state index < -0.39 is 0 Å². The summed E-state index contributed by atoms with van der Waals surface area (Å²) >= 11 is 14.0. The maximum absolute atomic E-state index is 12.3. The molecule has 3 aromatic carbocycles. The van der Waals surface area contributed by atoms with Crippen molar-refractivity contribution in [3.63, 3.8) is 0 Å². The van der Waals surface area contributed by atoms with Crippen molar-refractivity contribution in [3.05, 3.63) is 138 Å². The van der Waals surface area contributed by atoms with E-state index >= 15 is 0 Å². The van der Waals surface area contributed by atoms with E-state index in [1.165, 1.54) is 0 Å². The van der Waals surface area contributed by atoms with Gasteiger partial charge in [-0.25, -0.2) is 0 Å². The number of hydrogen-bond acceptors (Lipinski definition) is 2. The Labute approximate surface area is 205 Å². The SMILES string of the molecule is O=c1cc(/C=C/c2ccccc2)c2cc(C(c3ccc(Cl)cc3)c3ccc(Cl)s3)ccc2[nH]1. The van der Waals surface area contributed by atoms with Gasteiger partial charge in [-0.05, 0) is 58.7 Å². The lowest BCUT2D eigenvalue weighted by atomic mass is 9.88. The molecule has 0 fully saturated rings. The highest BCUT2D eigenvalue weighted by atomic mass is 35.5. The van der Waals surface area contributed by atoms with Gasteiger partial charge in [0, 0.05) is 32.8 Å². The first kappa shape index (κ1) is 21.7. The predicted molar refractivity (Wildman–Crippen MR) is 142 cm³/mol. The molecule has 0 saturated carbocycles.